The molecule has 0 fully saturated rings. The summed E-state index contributed by atoms with van der Waals surface area (Å²) < 4.78 is 5.36. The lowest BCUT2D eigenvalue weighted by molar-refractivity contribution is 0.426. The lowest BCUT2D eigenvalue weighted by atomic mass is 9.99. The van der Waals surface area contributed by atoms with Crippen molar-refractivity contribution in [3.05, 3.63) is 78.9 Å². The van der Waals surface area contributed by atoms with Gasteiger partial charge < -0.3 is 9.63 Å². The van der Waals surface area contributed by atoms with E-state index in [1.54, 1.807) is 18.2 Å². The van der Waals surface area contributed by atoms with Crippen molar-refractivity contribution in [3.8, 4) is 39.7 Å². The average molecular weight is 314 g/mol. The summed E-state index contributed by atoms with van der Waals surface area (Å²) in [5.41, 5.74) is 3.52. The first-order valence-electron chi connectivity index (χ1n) is 7.60. The first-order valence-corrected chi connectivity index (χ1v) is 7.60. The normalized spacial score (nSPS) is 10.7. The third-order valence-corrected chi connectivity index (χ3v) is 3.81. The molecule has 4 heteroatoms. The van der Waals surface area contributed by atoms with Crippen LogP contribution in [0.25, 0.3) is 34.0 Å². The van der Waals surface area contributed by atoms with Gasteiger partial charge in [0, 0.05) is 5.56 Å². The quantitative estimate of drug-likeness (QED) is 0.591. The highest BCUT2D eigenvalue weighted by Crippen LogP contribution is 2.33. The molecule has 1 heterocycles. The zero-order chi connectivity index (χ0) is 16.4. The van der Waals surface area contributed by atoms with Crippen LogP contribution < -0.4 is 0 Å². The molecular weight excluding hydrogens is 300 g/mol. The summed E-state index contributed by atoms with van der Waals surface area (Å²) in [6, 6.07) is 24.9. The number of phenols is 1. The molecule has 0 saturated carbocycles. The largest absolute Gasteiger partial charge is 0.507 e. The van der Waals surface area contributed by atoms with Gasteiger partial charge >= 0.3 is 0 Å². The van der Waals surface area contributed by atoms with E-state index < -0.39 is 0 Å². The molecule has 4 nitrogen and oxygen atoms in total. The van der Waals surface area contributed by atoms with Gasteiger partial charge in [-0.3, -0.25) is 0 Å². The Bertz CT molecular complexity index is 978. The predicted molar refractivity (Wildman–Crippen MR) is 92.3 cm³/mol. The van der Waals surface area contributed by atoms with Crippen molar-refractivity contribution in [1.29, 1.82) is 0 Å². The minimum absolute atomic E-state index is 0.115. The van der Waals surface area contributed by atoms with Crippen molar-refractivity contribution in [2.75, 3.05) is 0 Å². The minimum Gasteiger partial charge on any atom is -0.507 e. The number of aromatic nitrogens is 2. The van der Waals surface area contributed by atoms with Gasteiger partial charge in [0.2, 0.25) is 5.82 Å². The highest BCUT2D eigenvalue weighted by Gasteiger charge is 2.16. The molecule has 0 radical (unpaired) electrons. The van der Waals surface area contributed by atoms with Gasteiger partial charge in [-0.2, -0.15) is 4.98 Å². The van der Waals surface area contributed by atoms with Crippen LogP contribution in [0.15, 0.2) is 83.4 Å². The molecule has 0 aliphatic carbocycles. The molecule has 0 amide bonds. The van der Waals surface area contributed by atoms with Crippen LogP contribution in [0.2, 0.25) is 0 Å². The highest BCUT2D eigenvalue weighted by molar-refractivity contribution is 5.80. The number of nitrogens with zero attached hydrogens (tertiary/aromatic N) is 2. The number of para-hydroxylation sites is 1. The fourth-order valence-corrected chi connectivity index (χ4v) is 2.64. The van der Waals surface area contributed by atoms with Crippen LogP contribution in [-0.4, -0.2) is 15.2 Å². The van der Waals surface area contributed by atoms with E-state index in [1.165, 1.54) is 0 Å². The van der Waals surface area contributed by atoms with Crippen LogP contribution in [0.3, 0.4) is 0 Å². The molecule has 0 aliphatic rings. The van der Waals surface area contributed by atoms with Crippen LogP contribution in [0.5, 0.6) is 5.75 Å². The summed E-state index contributed by atoms with van der Waals surface area (Å²) in [6.07, 6.45) is 0. The summed E-state index contributed by atoms with van der Waals surface area (Å²) >= 11 is 0. The lowest BCUT2D eigenvalue weighted by Crippen LogP contribution is -1.87. The summed E-state index contributed by atoms with van der Waals surface area (Å²) in [5, 5.41) is 14.0. The maximum Gasteiger partial charge on any atom is 0.261 e. The van der Waals surface area contributed by atoms with Gasteiger partial charge in [0.15, 0.2) is 0 Å². The number of aromatic hydroxyl groups is 1. The van der Waals surface area contributed by atoms with Crippen LogP contribution >= 0.6 is 0 Å². The van der Waals surface area contributed by atoms with Crippen LogP contribution in [0, 0.1) is 0 Å². The summed E-state index contributed by atoms with van der Waals surface area (Å²) in [4.78, 5) is 4.46. The molecule has 0 spiro atoms. The van der Waals surface area contributed by atoms with Crippen molar-refractivity contribution in [2.45, 2.75) is 0 Å². The van der Waals surface area contributed by atoms with E-state index in [2.05, 4.69) is 10.1 Å². The highest BCUT2D eigenvalue weighted by atomic mass is 16.5. The summed E-state index contributed by atoms with van der Waals surface area (Å²) in [5.74, 6) is 0.905. The van der Waals surface area contributed by atoms with E-state index in [-0.39, 0.29) is 5.75 Å². The van der Waals surface area contributed by atoms with Gasteiger partial charge in [-0.15, -0.1) is 0 Å². The number of phenolic OH excluding ortho intramolecular Hbond substituents is 1. The molecule has 0 saturated heterocycles. The summed E-state index contributed by atoms with van der Waals surface area (Å²) in [7, 11) is 0. The van der Waals surface area contributed by atoms with E-state index in [0.717, 1.165) is 16.7 Å². The molecule has 24 heavy (non-hydrogen) atoms. The van der Waals surface area contributed by atoms with Gasteiger partial charge in [0.25, 0.3) is 5.89 Å². The van der Waals surface area contributed by atoms with Crippen molar-refractivity contribution in [1.82, 2.24) is 10.1 Å². The van der Waals surface area contributed by atoms with Gasteiger partial charge in [-0.1, -0.05) is 71.9 Å². The first-order chi connectivity index (χ1) is 11.8. The Morgan fingerprint density at radius 3 is 2.04 bits per heavy atom. The predicted octanol–water partition coefficient (Wildman–Crippen LogP) is 4.78. The second kappa shape index (κ2) is 6.01. The molecular formula is C20H14N2O2. The number of hydrogen-bond acceptors (Lipinski definition) is 4. The monoisotopic (exact) mass is 314 g/mol. The van der Waals surface area contributed by atoms with Gasteiger partial charge in [-0.25, -0.2) is 0 Å². The van der Waals surface area contributed by atoms with Gasteiger partial charge in [0.1, 0.15) is 5.75 Å². The molecule has 1 aromatic heterocycles. The van der Waals surface area contributed by atoms with E-state index in [9.17, 15) is 5.11 Å². The fraction of sp³-hybridized carbons (Fsp3) is 0. The topological polar surface area (TPSA) is 59.2 Å². The Balaban J connectivity index is 1.81. The maximum absolute atomic E-state index is 9.95. The van der Waals surface area contributed by atoms with Crippen molar-refractivity contribution in [3.63, 3.8) is 0 Å². The molecule has 0 bridgehead atoms. The Labute approximate surface area is 139 Å². The lowest BCUT2D eigenvalue weighted by Gasteiger charge is -2.06. The van der Waals surface area contributed by atoms with Crippen LogP contribution in [-0.2, 0) is 0 Å². The SMILES string of the molecule is Oc1ccccc1-c1nc(-c2ccccc2-c2ccccc2)no1. The van der Waals surface area contributed by atoms with Gasteiger partial charge in [-0.05, 0) is 23.3 Å². The van der Waals surface area contributed by atoms with E-state index >= 15 is 0 Å². The van der Waals surface area contributed by atoms with Crippen LogP contribution in [0.4, 0.5) is 0 Å². The van der Waals surface area contributed by atoms with Crippen molar-refractivity contribution < 1.29 is 9.63 Å². The Hall–Kier alpha value is -3.40. The molecule has 0 aliphatic heterocycles. The number of rotatable bonds is 3. The minimum atomic E-state index is 0.115. The Morgan fingerprint density at radius 1 is 0.667 bits per heavy atom. The molecule has 0 unspecified atom stereocenters. The fourth-order valence-electron chi connectivity index (χ4n) is 2.64. The molecule has 3 aromatic carbocycles. The second-order valence-electron chi connectivity index (χ2n) is 5.35. The summed E-state index contributed by atoms with van der Waals surface area (Å²) in [6.45, 7) is 0. The van der Waals surface area contributed by atoms with E-state index in [1.807, 2.05) is 60.7 Å². The van der Waals surface area contributed by atoms with Gasteiger partial charge in [0.05, 0.1) is 5.56 Å². The molecule has 4 aromatic rings. The molecule has 1 N–H and O–H groups in total. The first kappa shape index (κ1) is 14.2. The third-order valence-electron chi connectivity index (χ3n) is 3.81. The van der Waals surface area contributed by atoms with Crippen molar-refractivity contribution in [2.24, 2.45) is 0 Å². The van der Waals surface area contributed by atoms with Crippen LogP contribution in [0.1, 0.15) is 0 Å². The number of hydrogen-bond donors (Lipinski definition) is 1. The zero-order valence-electron chi connectivity index (χ0n) is 12.8. The van der Waals surface area contributed by atoms with Crippen molar-refractivity contribution >= 4 is 0 Å². The maximum atomic E-state index is 9.95. The second-order valence-corrected chi connectivity index (χ2v) is 5.35. The molecule has 0 atom stereocenters. The van der Waals surface area contributed by atoms with E-state index in [4.69, 9.17) is 4.52 Å². The third kappa shape index (κ3) is 2.54. The Kier molecular flexibility index (Phi) is 3.56. The zero-order valence-corrected chi connectivity index (χ0v) is 12.8. The molecule has 116 valence electrons. The smallest absolute Gasteiger partial charge is 0.261 e. The van der Waals surface area contributed by atoms with E-state index in [0.29, 0.717) is 17.3 Å². The number of benzene rings is 3. The average Bonchev–Trinajstić information content (AvgIpc) is 3.12. The standard InChI is InChI=1S/C20H14N2O2/c23-18-13-7-6-12-17(18)20-21-19(22-24-20)16-11-5-4-10-15(16)14-8-2-1-3-9-14/h1-13,23H. The molecule has 4 rings (SSSR count). The Morgan fingerprint density at radius 2 is 1.29 bits per heavy atom.